The second-order valence-corrected chi connectivity index (χ2v) is 5.27. The van der Waals surface area contributed by atoms with Crippen LogP contribution in [0, 0.1) is 0 Å². The van der Waals surface area contributed by atoms with E-state index in [1.165, 1.54) is 7.11 Å². The Labute approximate surface area is 130 Å². The average Bonchev–Trinajstić information content (AvgIpc) is 3.39. The highest BCUT2D eigenvalue weighted by Gasteiger charge is 2.26. The van der Waals surface area contributed by atoms with Crippen LogP contribution in [0.25, 0.3) is 17.2 Å². The molecule has 0 N–H and O–H groups in total. The van der Waals surface area contributed by atoms with Crippen molar-refractivity contribution in [3.05, 3.63) is 65.7 Å². The van der Waals surface area contributed by atoms with Crippen molar-refractivity contribution in [2.45, 2.75) is 12.5 Å². The number of methoxy groups -OCH3 is 1. The largest absolute Gasteiger partial charge is 0.466 e. The summed E-state index contributed by atoms with van der Waals surface area (Å²) in [5.74, 6) is -0.293. The molecule has 0 aliphatic carbocycles. The summed E-state index contributed by atoms with van der Waals surface area (Å²) in [7, 11) is 1.41. The standard InChI is InChI=1S/C19H18O3/c1-21-19(20)16(12-17-13-22-17)11-15-9-5-6-10-18(15)14-7-3-2-4-8-14/h2-11,17H,12-13H2,1H3/b16-11-. The average molecular weight is 294 g/mol. The number of benzene rings is 2. The van der Waals surface area contributed by atoms with Crippen LogP contribution in [0.2, 0.25) is 0 Å². The molecule has 3 rings (SSSR count). The Kier molecular flexibility index (Phi) is 4.35. The lowest BCUT2D eigenvalue weighted by Crippen LogP contribution is -2.07. The van der Waals surface area contributed by atoms with Crippen LogP contribution in [0.15, 0.2) is 60.2 Å². The Morgan fingerprint density at radius 2 is 1.86 bits per heavy atom. The molecular weight excluding hydrogens is 276 g/mol. The SMILES string of the molecule is COC(=O)/C(=C\c1ccccc1-c1ccccc1)CC1CO1. The Bertz CT molecular complexity index is 685. The maximum absolute atomic E-state index is 12.0. The Morgan fingerprint density at radius 3 is 2.55 bits per heavy atom. The zero-order valence-corrected chi connectivity index (χ0v) is 12.5. The zero-order valence-electron chi connectivity index (χ0n) is 12.5. The van der Waals surface area contributed by atoms with Crippen LogP contribution in [0.1, 0.15) is 12.0 Å². The van der Waals surface area contributed by atoms with Gasteiger partial charge in [-0.05, 0) is 22.8 Å². The van der Waals surface area contributed by atoms with E-state index in [9.17, 15) is 4.79 Å². The molecule has 1 aliphatic rings. The molecule has 0 radical (unpaired) electrons. The lowest BCUT2D eigenvalue weighted by atomic mass is 9.97. The van der Waals surface area contributed by atoms with Crippen LogP contribution < -0.4 is 0 Å². The van der Waals surface area contributed by atoms with Gasteiger partial charge in [-0.1, -0.05) is 54.6 Å². The van der Waals surface area contributed by atoms with Gasteiger partial charge in [0.15, 0.2) is 0 Å². The van der Waals surface area contributed by atoms with Gasteiger partial charge >= 0.3 is 5.97 Å². The van der Waals surface area contributed by atoms with Crippen molar-refractivity contribution < 1.29 is 14.3 Å². The van der Waals surface area contributed by atoms with Crippen molar-refractivity contribution in [2.75, 3.05) is 13.7 Å². The molecule has 3 heteroatoms. The predicted molar refractivity (Wildman–Crippen MR) is 86.2 cm³/mol. The first-order valence-electron chi connectivity index (χ1n) is 7.33. The van der Waals surface area contributed by atoms with Gasteiger partial charge in [0.25, 0.3) is 0 Å². The predicted octanol–water partition coefficient (Wildman–Crippen LogP) is 3.70. The number of hydrogen-bond donors (Lipinski definition) is 0. The molecule has 1 atom stereocenters. The van der Waals surface area contributed by atoms with E-state index in [-0.39, 0.29) is 12.1 Å². The minimum Gasteiger partial charge on any atom is -0.466 e. The number of ether oxygens (including phenoxy) is 2. The second kappa shape index (κ2) is 6.58. The van der Waals surface area contributed by atoms with E-state index in [1.807, 2.05) is 42.5 Å². The lowest BCUT2D eigenvalue weighted by Gasteiger charge is -2.09. The maximum Gasteiger partial charge on any atom is 0.333 e. The van der Waals surface area contributed by atoms with E-state index in [0.717, 1.165) is 16.7 Å². The summed E-state index contributed by atoms with van der Waals surface area (Å²) < 4.78 is 10.1. The molecule has 0 aromatic heterocycles. The number of esters is 1. The van der Waals surface area contributed by atoms with Crippen LogP contribution in [-0.4, -0.2) is 25.8 Å². The summed E-state index contributed by atoms with van der Waals surface area (Å²) in [6.07, 6.45) is 2.65. The quantitative estimate of drug-likeness (QED) is 0.479. The van der Waals surface area contributed by atoms with E-state index < -0.39 is 0 Å². The van der Waals surface area contributed by atoms with Gasteiger partial charge < -0.3 is 9.47 Å². The summed E-state index contributed by atoms with van der Waals surface area (Å²) in [6.45, 7) is 0.717. The van der Waals surface area contributed by atoms with Gasteiger partial charge in [0.2, 0.25) is 0 Å². The summed E-state index contributed by atoms with van der Waals surface area (Å²) >= 11 is 0. The minimum absolute atomic E-state index is 0.147. The smallest absolute Gasteiger partial charge is 0.333 e. The van der Waals surface area contributed by atoms with Gasteiger partial charge in [0.05, 0.1) is 19.8 Å². The number of carbonyl (C=O) groups excluding carboxylic acids is 1. The topological polar surface area (TPSA) is 38.8 Å². The van der Waals surface area contributed by atoms with E-state index in [0.29, 0.717) is 18.6 Å². The molecule has 0 spiro atoms. The monoisotopic (exact) mass is 294 g/mol. The van der Waals surface area contributed by atoms with Gasteiger partial charge in [-0.2, -0.15) is 0 Å². The molecule has 3 nitrogen and oxygen atoms in total. The lowest BCUT2D eigenvalue weighted by molar-refractivity contribution is -0.136. The van der Waals surface area contributed by atoms with Crippen molar-refractivity contribution >= 4 is 12.0 Å². The molecular formula is C19H18O3. The van der Waals surface area contributed by atoms with Gasteiger partial charge in [0, 0.05) is 12.0 Å². The number of epoxide rings is 1. The maximum atomic E-state index is 12.0. The fraction of sp³-hybridized carbons (Fsp3) is 0.211. The number of rotatable bonds is 5. The van der Waals surface area contributed by atoms with Gasteiger partial charge in [0.1, 0.15) is 0 Å². The second-order valence-electron chi connectivity index (χ2n) is 5.27. The highest BCUT2D eigenvalue weighted by atomic mass is 16.6. The van der Waals surface area contributed by atoms with Crippen molar-refractivity contribution in [2.24, 2.45) is 0 Å². The van der Waals surface area contributed by atoms with Gasteiger partial charge in [-0.15, -0.1) is 0 Å². The highest BCUT2D eigenvalue weighted by molar-refractivity contribution is 5.95. The van der Waals surface area contributed by atoms with E-state index in [2.05, 4.69) is 18.2 Å². The Hall–Kier alpha value is -2.39. The van der Waals surface area contributed by atoms with Crippen LogP contribution in [-0.2, 0) is 14.3 Å². The molecule has 1 unspecified atom stereocenters. The Morgan fingerprint density at radius 1 is 1.18 bits per heavy atom. The molecule has 1 saturated heterocycles. The summed E-state index contributed by atoms with van der Waals surface area (Å²) in [5.41, 5.74) is 3.88. The molecule has 22 heavy (non-hydrogen) atoms. The molecule has 112 valence electrons. The van der Waals surface area contributed by atoms with Crippen LogP contribution in [0.5, 0.6) is 0 Å². The first-order chi connectivity index (χ1) is 10.8. The number of carbonyl (C=O) groups is 1. The van der Waals surface area contributed by atoms with Crippen LogP contribution in [0.3, 0.4) is 0 Å². The van der Waals surface area contributed by atoms with E-state index >= 15 is 0 Å². The molecule has 0 saturated carbocycles. The Balaban J connectivity index is 1.99. The summed E-state index contributed by atoms with van der Waals surface area (Å²) in [5, 5.41) is 0. The first kappa shape index (κ1) is 14.5. The molecule has 0 amide bonds. The molecule has 2 aromatic rings. The molecule has 1 fully saturated rings. The third-order valence-corrected chi connectivity index (χ3v) is 3.67. The van der Waals surface area contributed by atoms with Gasteiger partial charge in [-0.25, -0.2) is 4.79 Å². The summed E-state index contributed by atoms with van der Waals surface area (Å²) in [4.78, 5) is 12.0. The van der Waals surface area contributed by atoms with Crippen LogP contribution in [0.4, 0.5) is 0 Å². The molecule has 2 aromatic carbocycles. The molecule has 1 aliphatic heterocycles. The fourth-order valence-electron chi connectivity index (χ4n) is 2.45. The minimum atomic E-state index is -0.293. The summed E-state index contributed by atoms with van der Waals surface area (Å²) in [6, 6.07) is 18.2. The van der Waals surface area contributed by atoms with Crippen molar-refractivity contribution in [1.29, 1.82) is 0 Å². The van der Waals surface area contributed by atoms with Gasteiger partial charge in [-0.3, -0.25) is 0 Å². The van der Waals surface area contributed by atoms with Crippen molar-refractivity contribution in [3.8, 4) is 11.1 Å². The number of hydrogen-bond acceptors (Lipinski definition) is 3. The van der Waals surface area contributed by atoms with Crippen molar-refractivity contribution in [3.63, 3.8) is 0 Å². The molecule has 0 bridgehead atoms. The first-order valence-corrected chi connectivity index (χ1v) is 7.33. The fourth-order valence-corrected chi connectivity index (χ4v) is 2.45. The molecule has 1 heterocycles. The van der Waals surface area contributed by atoms with Crippen LogP contribution >= 0.6 is 0 Å². The van der Waals surface area contributed by atoms with Crippen molar-refractivity contribution in [1.82, 2.24) is 0 Å². The third-order valence-electron chi connectivity index (χ3n) is 3.67. The normalized spacial score (nSPS) is 17.1. The third kappa shape index (κ3) is 3.43. The zero-order chi connectivity index (χ0) is 15.4. The van der Waals surface area contributed by atoms with E-state index in [4.69, 9.17) is 9.47 Å². The van der Waals surface area contributed by atoms with E-state index in [1.54, 1.807) is 0 Å². The highest BCUT2D eigenvalue weighted by Crippen LogP contribution is 2.28.